The van der Waals surface area contributed by atoms with E-state index in [1.54, 1.807) is 19.2 Å². The number of aromatic nitrogens is 1. The number of pyridine rings is 1. The summed E-state index contributed by atoms with van der Waals surface area (Å²) in [5.41, 5.74) is 6.78. The molecule has 88 valence electrons. The van der Waals surface area contributed by atoms with Gasteiger partial charge in [0.1, 0.15) is 11.9 Å². The zero-order chi connectivity index (χ0) is 12.1. The second kappa shape index (κ2) is 5.46. The summed E-state index contributed by atoms with van der Waals surface area (Å²) in [4.78, 5) is 4.22. The van der Waals surface area contributed by atoms with Crippen LogP contribution in [0.1, 0.15) is 18.2 Å². The molecule has 0 saturated heterocycles. The maximum absolute atomic E-state index is 7.42. The van der Waals surface area contributed by atoms with E-state index in [4.69, 9.17) is 20.6 Å². The molecule has 0 aliphatic carbocycles. The van der Waals surface area contributed by atoms with Crippen molar-refractivity contribution in [3.05, 3.63) is 23.4 Å². The second-order valence-electron chi connectivity index (χ2n) is 3.60. The van der Waals surface area contributed by atoms with Crippen molar-refractivity contribution < 1.29 is 9.47 Å². The molecule has 0 saturated carbocycles. The van der Waals surface area contributed by atoms with Gasteiger partial charge in [-0.2, -0.15) is 0 Å². The van der Waals surface area contributed by atoms with Crippen LogP contribution in [0.25, 0.3) is 0 Å². The lowest BCUT2D eigenvalue weighted by Crippen LogP contribution is -2.22. The van der Waals surface area contributed by atoms with Gasteiger partial charge in [0.25, 0.3) is 0 Å². The fraction of sp³-hybridized carbons (Fsp3) is 0.455. The Morgan fingerprint density at radius 1 is 1.56 bits per heavy atom. The molecule has 0 aliphatic heterocycles. The molecule has 0 amide bonds. The van der Waals surface area contributed by atoms with E-state index < -0.39 is 0 Å². The van der Waals surface area contributed by atoms with Crippen molar-refractivity contribution in [1.82, 2.24) is 4.98 Å². The summed E-state index contributed by atoms with van der Waals surface area (Å²) >= 11 is 0. The van der Waals surface area contributed by atoms with Gasteiger partial charge in [-0.15, -0.1) is 0 Å². The third-order valence-electron chi connectivity index (χ3n) is 2.00. The van der Waals surface area contributed by atoms with E-state index in [9.17, 15) is 0 Å². The van der Waals surface area contributed by atoms with Crippen molar-refractivity contribution in [2.75, 3.05) is 13.7 Å². The van der Waals surface area contributed by atoms with Gasteiger partial charge < -0.3 is 15.2 Å². The average molecular weight is 223 g/mol. The quantitative estimate of drug-likeness (QED) is 0.578. The number of nitrogen functional groups attached to an aromatic ring is 1. The van der Waals surface area contributed by atoms with Gasteiger partial charge in [-0.25, -0.2) is 4.98 Å². The van der Waals surface area contributed by atoms with Crippen LogP contribution in [0.5, 0.6) is 5.88 Å². The van der Waals surface area contributed by atoms with Crippen molar-refractivity contribution in [1.29, 1.82) is 5.41 Å². The maximum atomic E-state index is 7.42. The first-order valence-corrected chi connectivity index (χ1v) is 5.02. The molecular weight excluding hydrogens is 206 g/mol. The fourth-order valence-corrected chi connectivity index (χ4v) is 1.29. The first-order chi connectivity index (χ1) is 7.54. The Hall–Kier alpha value is -1.62. The molecular formula is C11H17N3O2. The number of nitrogens with one attached hydrogen (secondary N) is 1. The molecule has 0 spiro atoms. The molecule has 0 fully saturated rings. The molecule has 3 N–H and O–H groups in total. The zero-order valence-corrected chi connectivity index (χ0v) is 9.78. The van der Waals surface area contributed by atoms with Crippen LogP contribution >= 0.6 is 0 Å². The van der Waals surface area contributed by atoms with Gasteiger partial charge in [0.2, 0.25) is 5.88 Å². The standard InChI is InChI=1S/C11H17N3O2/c1-7-4-5-9(10(12)13)11(14-7)16-8(2)6-15-3/h4-5,8H,6H2,1-3H3,(H3,12,13). The predicted molar refractivity (Wildman–Crippen MR) is 62.0 cm³/mol. The topological polar surface area (TPSA) is 81.2 Å². The SMILES string of the molecule is COCC(C)Oc1nc(C)ccc1C(=N)N. The molecule has 0 bridgehead atoms. The highest BCUT2D eigenvalue weighted by atomic mass is 16.5. The van der Waals surface area contributed by atoms with E-state index in [1.807, 2.05) is 13.8 Å². The highest BCUT2D eigenvalue weighted by Crippen LogP contribution is 2.17. The third kappa shape index (κ3) is 3.20. The van der Waals surface area contributed by atoms with Crippen LogP contribution in [-0.2, 0) is 4.74 Å². The lowest BCUT2D eigenvalue weighted by Gasteiger charge is -2.15. The molecule has 0 radical (unpaired) electrons. The minimum Gasteiger partial charge on any atom is -0.472 e. The summed E-state index contributed by atoms with van der Waals surface area (Å²) in [7, 11) is 1.61. The van der Waals surface area contributed by atoms with Crippen molar-refractivity contribution in [2.45, 2.75) is 20.0 Å². The fourth-order valence-electron chi connectivity index (χ4n) is 1.29. The summed E-state index contributed by atoms with van der Waals surface area (Å²) < 4.78 is 10.5. The summed E-state index contributed by atoms with van der Waals surface area (Å²) in [6.07, 6.45) is -0.127. The Balaban J connectivity index is 2.92. The van der Waals surface area contributed by atoms with Gasteiger partial charge >= 0.3 is 0 Å². The maximum Gasteiger partial charge on any atom is 0.225 e. The van der Waals surface area contributed by atoms with Gasteiger partial charge in [-0.05, 0) is 26.0 Å². The smallest absolute Gasteiger partial charge is 0.225 e. The predicted octanol–water partition coefficient (Wildman–Crippen LogP) is 1.09. The number of aryl methyl sites for hydroxylation is 1. The summed E-state index contributed by atoms with van der Waals surface area (Å²) in [6, 6.07) is 3.53. The minimum atomic E-state index is -0.127. The Bertz CT molecular complexity index is 379. The van der Waals surface area contributed by atoms with E-state index in [2.05, 4.69) is 4.98 Å². The first-order valence-electron chi connectivity index (χ1n) is 5.02. The Kier molecular flexibility index (Phi) is 4.25. The lowest BCUT2D eigenvalue weighted by molar-refractivity contribution is 0.0887. The van der Waals surface area contributed by atoms with Gasteiger partial charge in [0, 0.05) is 12.8 Å². The lowest BCUT2D eigenvalue weighted by atomic mass is 10.2. The van der Waals surface area contributed by atoms with Gasteiger partial charge in [-0.3, -0.25) is 5.41 Å². The highest BCUT2D eigenvalue weighted by molar-refractivity contribution is 5.97. The van der Waals surface area contributed by atoms with Gasteiger partial charge in [0.05, 0.1) is 12.2 Å². The second-order valence-corrected chi connectivity index (χ2v) is 3.60. The average Bonchev–Trinajstić information content (AvgIpc) is 2.17. The number of nitrogens with zero attached hydrogens (tertiary/aromatic N) is 1. The molecule has 1 aromatic heterocycles. The molecule has 16 heavy (non-hydrogen) atoms. The van der Waals surface area contributed by atoms with E-state index in [-0.39, 0.29) is 11.9 Å². The van der Waals surface area contributed by atoms with Crippen molar-refractivity contribution in [2.24, 2.45) is 5.73 Å². The molecule has 1 rings (SSSR count). The molecule has 1 atom stereocenters. The molecule has 0 aromatic carbocycles. The molecule has 1 unspecified atom stereocenters. The van der Waals surface area contributed by atoms with Crippen molar-refractivity contribution >= 4 is 5.84 Å². The number of rotatable bonds is 5. The normalized spacial score (nSPS) is 12.2. The van der Waals surface area contributed by atoms with E-state index in [0.717, 1.165) is 5.69 Å². The van der Waals surface area contributed by atoms with Crippen LogP contribution in [0, 0.1) is 12.3 Å². The van der Waals surface area contributed by atoms with Crippen molar-refractivity contribution in [3.8, 4) is 5.88 Å². The molecule has 5 heteroatoms. The highest BCUT2D eigenvalue weighted by Gasteiger charge is 2.12. The summed E-state index contributed by atoms with van der Waals surface area (Å²) in [6.45, 7) is 4.20. The molecule has 0 aliphatic rings. The first kappa shape index (κ1) is 12.4. The third-order valence-corrected chi connectivity index (χ3v) is 2.00. The van der Waals surface area contributed by atoms with Crippen LogP contribution in [0.4, 0.5) is 0 Å². The summed E-state index contributed by atoms with van der Waals surface area (Å²) in [5.74, 6) is 0.337. The van der Waals surface area contributed by atoms with Crippen LogP contribution < -0.4 is 10.5 Å². The number of hydrogen-bond acceptors (Lipinski definition) is 4. The molecule has 5 nitrogen and oxygen atoms in total. The Labute approximate surface area is 95.1 Å². The number of nitrogens with two attached hydrogens (primary N) is 1. The van der Waals surface area contributed by atoms with Crippen LogP contribution in [0.2, 0.25) is 0 Å². The van der Waals surface area contributed by atoms with Crippen LogP contribution in [0.3, 0.4) is 0 Å². The number of methoxy groups -OCH3 is 1. The molecule has 1 heterocycles. The van der Waals surface area contributed by atoms with E-state index >= 15 is 0 Å². The largest absolute Gasteiger partial charge is 0.472 e. The van der Waals surface area contributed by atoms with Gasteiger partial charge in [0.15, 0.2) is 0 Å². The minimum absolute atomic E-state index is 0.0490. The van der Waals surface area contributed by atoms with Crippen molar-refractivity contribution in [3.63, 3.8) is 0 Å². The van der Waals surface area contributed by atoms with Crippen LogP contribution in [-0.4, -0.2) is 30.6 Å². The summed E-state index contributed by atoms with van der Waals surface area (Å²) in [5, 5.41) is 7.42. The van der Waals surface area contributed by atoms with E-state index in [1.165, 1.54) is 0 Å². The monoisotopic (exact) mass is 223 g/mol. The van der Waals surface area contributed by atoms with E-state index in [0.29, 0.717) is 18.1 Å². The van der Waals surface area contributed by atoms with Crippen LogP contribution in [0.15, 0.2) is 12.1 Å². The Morgan fingerprint density at radius 3 is 2.81 bits per heavy atom. The number of ether oxygens (including phenoxy) is 2. The van der Waals surface area contributed by atoms with Gasteiger partial charge in [-0.1, -0.05) is 0 Å². The molecule has 1 aromatic rings. The number of hydrogen-bond donors (Lipinski definition) is 2. The Morgan fingerprint density at radius 2 is 2.25 bits per heavy atom. The number of amidine groups is 1. The zero-order valence-electron chi connectivity index (χ0n) is 9.78.